The van der Waals surface area contributed by atoms with Gasteiger partial charge in [-0.05, 0) is 143 Å². The van der Waals surface area contributed by atoms with Crippen LogP contribution in [0.2, 0.25) is 15.1 Å². The lowest BCUT2D eigenvalue weighted by Gasteiger charge is -2.31. The van der Waals surface area contributed by atoms with E-state index in [4.69, 9.17) is 45.5 Å². The molecule has 12 aromatic heterocycles. The SMILES string of the molecule is Cc1csc(-c2cc(=O)n(C)c3ncc([C@](F)(c4ccc(Cl)cc4)c4cncn4C)cc23)c1.Cc1csc(-c2cc(=O)n(C)c3ncc([C@](N)(c4ccc(Cl)cc4)c4cncn4C)cc23)c1.Cc1csc(-c2cc(=O)n(C)c3ncc([C@](O)(c4ccc(Cl)cc4)c4cncn4C)cc23)c1. The van der Waals surface area contributed by atoms with Gasteiger partial charge in [0.1, 0.15) is 22.5 Å². The zero-order valence-electron chi connectivity index (χ0n) is 54.9. The molecule has 0 fully saturated rings. The van der Waals surface area contributed by atoms with E-state index in [0.717, 1.165) is 75.6 Å². The number of halogens is 4. The summed E-state index contributed by atoms with van der Waals surface area (Å²) in [5.74, 6) is 0. The molecule has 0 bridgehead atoms. The molecule has 0 unspecified atom stereocenters. The van der Waals surface area contributed by atoms with E-state index in [0.29, 0.717) is 71.0 Å². The molecule has 12 heterocycles. The second kappa shape index (κ2) is 26.8. The molecule has 3 N–H and O–H groups in total. The normalized spacial score (nSPS) is 13.4. The number of aliphatic hydroxyl groups is 1. The maximum Gasteiger partial charge on any atom is 0.252 e. The fourth-order valence-corrected chi connectivity index (χ4v) is 15.7. The molecule has 3 atom stereocenters. The van der Waals surface area contributed by atoms with Crippen molar-refractivity contribution in [3.05, 3.63) is 313 Å². The van der Waals surface area contributed by atoms with Crippen molar-refractivity contribution in [2.75, 3.05) is 0 Å². The largest absolute Gasteiger partial charge is 0.374 e. The number of nitrogens with two attached hydrogens (primary N) is 1. The summed E-state index contributed by atoms with van der Waals surface area (Å²) >= 11 is 23.1. The third-order valence-corrected chi connectivity index (χ3v) is 21.9. The Bertz CT molecular complexity index is 5220. The Morgan fingerprint density at radius 3 is 1.12 bits per heavy atom. The number of hydrogen-bond acceptors (Lipinski definition) is 14. The van der Waals surface area contributed by atoms with Gasteiger partial charge < -0.3 is 24.5 Å². The first-order valence-electron chi connectivity index (χ1n) is 30.9. The average molecular weight is 1430 g/mol. The summed E-state index contributed by atoms with van der Waals surface area (Å²) in [4.78, 5) is 67.5. The Hall–Kier alpha value is -9.81. The Balaban J connectivity index is 0.000000133. The highest BCUT2D eigenvalue weighted by atomic mass is 35.5. The van der Waals surface area contributed by atoms with E-state index in [9.17, 15) is 19.5 Å². The van der Waals surface area contributed by atoms with Crippen LogP contribution in [0.15, 0.2) is 214 Å². The van der Waals surface area contributed by atoms with Gasteiger partial charge >= 0.3 is 0 Å². The minimum Gasteiger partial charge on any atom is -0.374 e. The van der Waals surface area contributed by atoms with Gasteiger partial charge in [-0.15, -0.1) is 34.0 Å². The van der Waals surface area contributed by atoms with Gasteiger partial charge in [-0.2, -0.15) is 0 Å². The van der Waals surface area contributed by atoms with Gasteiger partial charge in [-0.25, -0.2) is 34.3 Å². The van der Waals surface area contributed by atoms with Gasteiger partial charge in [-0.3, -0.25) is 28.1 Å². The molecular weight excluding hydrogens is 1370 g/mol. The standard InChI is InChI=1S/C25H20ClFN4OS.C25H22ClN5OS.C25H21ClN4O2S/c2*1-15-8-21(33-13-15)19-10-23(32)31(3)24-20(19)9-17(11-29-24)25(27,22-12-28-14-30(22)2)16-4-6-18(26)7-5-16;1-15-8-21(33-13-15)19-10-23(31)30(3)24-20(19)9-17(11-28-24)25(32,22-12-27-14-29(22)2)16-4-6-18(26)7-5-16/h4-14H,1-3H3;4-14H,27H2,1-3H3;4-14,32H,1-3H3/t3*25-/m111/s1. The number of alkyl halides is 1. The Morgan fingerprint density at radius 1 is 0.414 bits per heavy atom. The maximum absolute atomic E-state index is 17.3. The third-order valence-electron chi connectivity index (χ3n) is 17.9. The molecule has 24 heteroatoms. The van der Waals surface area contributed by atoms with Crippen LogP contribution in [0.3, 0.4) is 0 Å². The maximum atomic E-state index is 17.3. The number of aryl methyl sites for hydroxylation is 9. The summed E-state index contributed by atoms with van der Waals surface area (Å²) in [6.07, 6.45) is 14.7. The molecule has 0 saturated carbocycles. The number of rotatable bonds is 12. The van der Waals surface area contributed by atoms with Crippen molar-refractivity contribution >= 4 is 102 Å². The summed E-state index contributed by atoms with van der Waals surface area (Å²) in [5, 5.41) is 22.5. The molecular formula is C75H63Cl3FN13O4S3. The summed E-state index contributed by atoms with van der Waals surface area (Å²) in [7, 11) is 10.6. The number of aromatic nitrogens is 12. The van der Waals surface area contributed by atoms with Gasteiger partial charge in [0.2, 0.25) is 5.67 Å². The first-order chi connectivity index (χ1) is 47.4. The lowest BCUT2D eigenvalue weighted by Crippen LogP contribution is -2.41. The van der Waals surface area contributed by atoms with Crippen LogP contribution in [0.1, 0.15) is 67.2 Å². The zero-order valence-corrected chi connectivity index (χ0v) is 59.6. The van der Waals surface area contributed by atoms with Crippen molar-refractivity contribution in [1.29, 1.82) is 0 Å². The lowest BCUT2D eigenvalue weighted by atomic mass is 9.81. The van der Waals surface area contributed by atoms with E-state index in [1.807, 2.05) is 87.3 Å². The van der Waals surface area contributed by atoms with E-state index in [1.54, 1.807) is 192 Å². The molecule has 15 aromatic rings. The molecule has 0 saturated heterocycles. The number of benzene rings is 3. The number of fused-ring (bicyclic) bond motifs is 3. The quantitative estimate of drug-likeness (QED) is 0.118. The van der Waals surface area contributed by atoms with E-state index >= 15 is 4.39 Å². The average Bonchev–Trinajstić information content (AvgIpc) is 1.72. The number of hydrogen-bond donors (Lipinski definition) is 2. The number of pyridine rings is 6. The van der Waals surface area contributed by atoms with Crippen molar-refractivity contribution in [3.63, 3.8) is 0 Å². The second-order valence-electron chi connectivity index (χ2n) is 24.5. The van der Waals surface area contributed by atoms with Crippen LogP contribution in [0.25, 0.3) is 64.4 Å². The molecule has 15 rings (SSSR count). The van der Waals surface area contributed by atoms with Crippen LogP contribution < -0.4 is 22.4 Å². The summed E-state index contributed by atoms with van der Waals surface area (Å²) in [6, 6.07) is 38.0. The predicted molar refractivity (Wildman–Crippen MR) is 396 cm³/mol. The predicted octanol–water partition coefficient (Wildman–Crippen LogP) is 14.9. The Kier molecular flexibility index (Phi) is 18.3. The molecule has 3 aromatic carbocycles. The van der Waals surface area contributed by atoms with E-state index in [-0.39, 0.29) is 16.7 Å². The Labute approximate surface area is 594 Å². The molecule has 0 aliphatic carbocycles. The molecule has 17 nitrogen and oxygen atoms in total. The minimum atomic E-state index is -2.03. The van der Waals surface area contributed by atoms with Gasteiger partial charge in [0, 0.05) is 158 Å². The van der Waals surface area contributed by atoms with Crippen molar-refractivity contribution in [2.45, 2.75) is 37.6 Å². The first kappa shape index (κ1) is 67.7. The van der Waals surface area contributed by atoms with Gasteiger partial charge in [-0.1, -0.05) is 71.2 Å². The van der Waals surface area contributed by atoms with Crippen LogP contribution in [-0.2, 0) is 59.1 Å². The molecule has 498 valence electrons. The summed E-state index contributed by atoms with van der Waals surface area (Å²) in [5.41, 5.74) is 15.0. The van der Waals surface area contributed by atoms with Gasteiger partial charge in [0.25, 0.3) is 16.7 Å². The van der Waals surface area contributed by atoms with Gasteiger partial charge in [0.15, 0.2) is 5.60 Å². The highest BCUT2D eigenvalue weighted by Gasteiger charge is 2.41. The number of thiophene rings is 3. The number of nitrogens with zero attached hydrogens (tertiary/aromatic N) is 12. The van der Waals surface area contributed by atoms with Crippen LogP contribution in [-0.4, -0.2) is 62.4 Å². The van der Waals surface area contributed by atoms with Crippen LogP contribution >= 0.6 is 68.8 Å². The van der Waals surface area contributed by atoms with Crippen LogP contribution in [0.4, 0.5) is 4.39 Å². The van der Waals surface area contributed by atoms with E-state index < -0.39 is 16.8 Å². The van der Waals surface area contributed by atoms with Crippen molar-refractivity contribution in [2.24, 2.45) is 48.0 Å². The Morgan fingerprint density at radius 2 is 0.747 bits per heavy atom. The van der Waals surface area contributed by atoms with Crippen molar-refractivity contribution in [1.82, 2.24) is 57.3 Å². The molecule has 0 aliphatic heterocycles. The topological polar surface area (TPSA) is 204 Å². The van der Waals surface area contributed by atoms with Crippen molar-refractivity contribution in [3.8, 4) is 31.3 Å². The third kappa shape index (κ3) is 12.4. The monoisotopic (exact) mass is 1430 g/mol. The van der Waals surface area contributed by atoms with E-state index in [2.05, 4.69) is 47.8 Å². The molecule has 0 radical (unpaired) electrons. The molecule has 99 heavy (non-hydrogen) atoms. The summed E-state index contributed by atoms with van der Waals surface area (Å²) in [6.45, 7) is 6.07. The second-order valence-corrected chi connectivity index (χ2v) is 28.5. The summed E-state index contributed by atoms with van der Waals surface area (Å²) < 4.78 is 27.2. The minimum absolute atomic E-state index is 0.104. The molecule has 0 amide bonds. The molecule has 0 aliphatic rings. The zero-order chi connectivity index (χ0) is 70.0. The highest BCUT2D eigenvalue weighted by Crippen LogP contribution is 2.45. The van der Waals surface area contributed by atoms with Crippen molar-refractivity contribution < 1.29 is 9.50 Å². The molecule has 0 spiro atoms. The van der Waals surface area contributed by atoms with Crippen LogP contribution in [0, 0.1) is 20.8 Å². The smallest absolute Gasteiger partial charge is 0.252 e. The highest BCUT2D eigenvalue weighted by molar-refractivity contribution is 7.14. The first-order valence-corrected chi connectivity index (χ1v) is 34.7. The number of imidazole rings is 3. The van der Waals surface area contributed by atoms with E-state index in [1.165, 1.54) is 21.5 Å². The lowest BCUT2D eigenvalue weighted by molar-refractivity contribution is 0.117. The fourth-order valence-electron chi connectivity index (χ4n) is 12.5. The fraction of sp³-hybridized carbons (Fsp3) is 0.160. The van der Waals surface area contributed by atoms with Gasteiger partial charge in [0.05, 0.1) is 54.7 Å². The van der Waals surface area contributed by atoms with Crippen LogP contribution in [0.5, 0.6) is 0 Å².